The number of unbranched alkanes of at least 4 members (excludes halogenated alkanes) is 41. The molecule has 73 heavy (non-hydrogen) atoms. The maximum absolute atomic E-state index is 12.8. The van der Waals surface area contributed by atoms with E-state index in [-0.39, 0.29) is 25.6 Å². The fourth-order valence-electron chi connectivity index (χ4n) is 9.34. The molecule has 1 N–H and O–H groups in total. The maximum Gasteiger partial charge on any atom is 0.472 e. The van der Waals surface area contributed by atoms with Crippen LogP contribution in [0.4, 0.5) is 0 Å². The fraction of sp³-hybridized carbons (Fsp3) is 0.905. The molecule has 0 heterocycles. The van der Waals surface area contributed by atoms with E-state index < -0.39 is 26.5 Å². The van der Waals surface area contributed by atoms with Gasteiger partial charge in [-0.15, -0.1) is 0 Å². The van der Waals surface area contributed by atoms with E-state index >= 15 is 0 Å². The summed E-state index contributed by atoms with van der Waals surface area (Å²) in [6, 6.07) is 0. The van der Waals surface area contributed by atoms with Crippen LogP contribution >= 0.6 is 7.82 Å². The van der Waals surface area contributed by atoms with Crippen molar-refractivity contribution in [2.45, 2.75) is 322 Å². The summed E-state index contributed by atoms with van der Waals surface area (Å²) in [7, 11) is 1.49. The molecule has 0 radical (unpaired) electrons. The Bertz CT molecular complexity index is 1280. The second-order valence-electron chi connectivity index (χ2n) is 22.8. The molecular formula is C63H123NO8P+. The Labute approximate surface area is 453 Å². The minimum absolute atomic E-state index is 0.0357. The summed E-state index contributed by atoms with van der Waals surface area (Å²) >= 11 is 0. The van der Waals surface area contributed by atoms with E-state index in [2.05, 4.69) is 38.2 Å². The van der Waals surface area contributed by atoms with E-state index in [1.807, 2.05) is 21.1 Å². The van der Waals surface area contributed by atoms with Gasteiger partial charge in [0, 0.05) is 12.8 Å². The van der Waals surface area contributed by atoms with Crippen molar-refractivity contribution in [2.75, 3.05) is 47.5 Å². The third kappa shape index (κ3) is 59.6. The van der Waals surface area contributed by atoms with Gasteiger partial charge in [0.25, 0.3) is 0 Å². The van der Waals surface area contributed by atoms with E-state index in [0.717, 1.165) is 44.9 Å². The predicted molar refractivity (Wildman–Crippen MR) is 312 cm³/mol. The quantitative estimate of drug-likeness (QED) is 0.0211. The lowest BCUT2D eigenvalue weighted by Crippen LogP contribution is -2.37. The fourth-order valence-corrected chi connectivity index (χ4v) is 10.1. The normalized spacial score (nSPS) is 13.3. The van der Waals surface area contributed by atoms with Crippen LogP contribution in [-0.2, 0) is 32.7 Å². The second-order valence-corrected chi connectivity index (χ2v) is 24.3. The number of phosphoric ester groups is 1. The summed E-state index contributed by atoms with van der Waals surface area (Å²) in [5, 5.41) is 0. The van der Waals surface area contributed by atoms with Gasteiger partial charge in [-0.05, 0) is 44.9 Å². The van der Waals surface area contributed by atoms with Crippen LogP contribution in [0.1, 0.15) is 316 Å². The predicted octanol–water partition coefficient (Wildman–Crippen LogP) is 19.8. The van der Waals surface area contributed by atoms with E-state index in [0.29, 0.717) is 17.4 Å². The number of likely N-dealkylation sites (N-methyl/N-ethyl adjacent to an activating group) is 1. The van der Waals surface area contributed by atoms with Crippen LogP contribution in [0, 0.1) is 0 Å². The van der Waals surface area contributed by atoms with Crippen LogP contribution in [0.3, 0.4) is 0 Å². The van der Waals surface area contributed by atoms with Crippen molar-refractivity contribution < 1.29 is 42.1 Å². The van der Waals surface area contributed by atoms with Crippen molar-refractivity contribution in [1.82, 2.24) is 0 Å². The zero-order chi connectivity index (χ0) is 53.5. The largest absolute Gasteiger partial charge is 0.472 e. The standard InChI is InChI=1S/C63H122NO8P/c1-6-8-10-12-14-16-17-18-19-20-21-22-23-24-25-26-27-28-29-30-31-32-33-34-35-36-37-38-39-40-41-42-43-44-45-46-47-48-50-52-54-56-63(66)72-61(60-71-73(67,68)70-58-57-64(3,4)5)59-69-62(65)55-53-51-49-15-13-11-9-7-2/h17-18,20-21,61H,6-16,19,22-60H2,1-5H3/p+1/b18-17-,21-20-. The van der Waals surface area contributed by atoms with Crippen LogP contribution < -0.4 is 0 Å². The first-order valence-corrected chi connectivity index (χ1v) is 33.1. The van der Waals surface area contributed by atoms with Gasteiger partial charge in [-0.1, -0.05) is 282 Å². The summed E-state index contributed by atoms with van der Waals surface area (Å²) in [5.74, 6) is -0.786. The van der Waals surface area contributed by atoms with E-state index in [1.165, 1.54) is 244 Å². The highest BCUT2D eigenvalue weighted by Crippen LogP contribution is 2.43. The zero-order valence-electron chi connectivity index (χ0n) is 49.1. The Morgan fingerprint density at radius 3 is 1.08 bits per heavy atom. The lowest BCUT2D eigenvalue weighted by molar-refractivity contribution is -0.870. The number of carbonyl (C=O) groups is 2. The molecule has 0 bridgehead atoms. The van der Waals surface area contributed by atoms with E-state index in [9.17, 15) is 19.0 Å². The first kappa shape index (κ1) is 71.5. The molecule has 0 aliphatic carbocycles. The van der Waals surface area contributed by atoms with Crippen molar-refractivity contribution in [3.8, 4) is 0 Å². The summed E-state index contributed by atoms with van der Waals surface area (Å²) in [6.07, 6.45) is 67.5. The van der Waals surface area contributed by atoms with Crippen molar-refractivity contribution in [3.63, 3.8) is 0 Å². The second kappa shape index (κ2) is 55.3. The SMILES string of the molecule is CCCCCCC/C=C\C/C=C\CCCCCCCCCCCCCCCCCCCCCCCCCCCCCCCC(=O)OC(COC(=O)CCCCCCCCCC)COP(=O)(O)OCC[N+](C)(C)C. The van der Waals surface area contributed by atoms with Gasteiger partial charge in [0.05, 0.1) is 27.7 Å². The van der Waals surface area contributed by atoms with Crippen molar-refractivity contribution >= 4 is 19.8 Å². The average Bonchev–Trinajstić information content (AvgIpc) is 3.35. The third-order valence-corrected chi connectivity index (χ3v) is 15.2. The molecule has 2 unspecified atom stereocenters. The number of rotatable bonds is 59. The molecule has 0 saturated heterocycles. The first-order valence-electron chi connectivity index (χ1n) is 31.6. The van der Waals surface area contributed by atoms with Crippen molar-refractivity contribution in [3.05, 3.63) is 24.3 Å². The van der Waals surface area contributed by atoms with Crippen LogP contribution in [-0.4, -0.2) is 74.9 Å². The monoisotopic (exact) mass is 1050 g/mol. The maximum atomic E-state index is 12.8. The number of hydrogen-bond donors (Lipinski definition) is 1. The Hall–Kier alpha value is -1.51. The van der Waals surface area contributed by atoms with Gasteiger partial charge in [0.2, 0.25) is 0 Å². The van der Waals surface area contributed by atoms with E-state index in [1.54, 1.807) is 0 Å². The van der Waals surface area contributed by atoms with Crippen LogP contribution in [0.25, 0.3) is 0 Å². The van der Waals surface area contributed by atoms with Gasteiger partial charge in [0.15, 0.2) is 6.10 Å². The number of quaternary nitrogens is 1. The van der Waals surface area contributed by atoms with Gasteiger partial charge in [0.1, 0.15) is 19.8 Å². The highest BCUT2D eigenvalue weighted by Gasteiger charge is 2.27. The van der Waals surface area contributed by atoms with Gasteiger partial charge in [-0.25, -0.2) is 4.57 Å². The first-order chi connectivity index (χ1) is 35.5. The zero-order valence-corrected chi connectivity index (χ0v) is 50.0. The van der Waals surface area contributed by atoms with E-state index in [4.69, 9.17) is 18.5 Å². The molecule has 0 aromatic rings. The van der Waals surface area contributed by atoms with Gasteiger partial charge in [-0.2, -0.15) is 0 Å². The molecule has 0 aliphatic heterocycles. The van der Waals surface area contributed by atoms with Crippen molar-refractivity contribution in [2.24, 2.45) is 0 Å². The highest BCUT2D eigenvalue weighted by molar-refractivity contribution is 7.47. The minimum Gasteiger partial charge on any atom is -0.462 e. The molecular weight excluding hydrogens is 930 g/mol. The topological polar surface area (TPSA) is 108 Å². The van der Waals surface area contributed by atoms with Gasteiger partial charge >= 0.3 is 19.8 Å². The molecule has 0 saturated carbocycles. The Kier molecular flexibility index (Phi) is 54.1. The lowest BCUT2D eigenvalue weighted by atomic mass is 10.0. The molecule has 432 valence electrons. The van der Waals surface area contributed by atoms with Crippen LogP contribution in [0.2, 0.25) is 0 Å². The average molecular weight is 1050 g/mol. The summed E-state index contributed by atoms with van der Waals surface area (Å²) in [4.78, 5) is 35.4. The molecule has 0 aromatic carbocycles. The number of allylic oxidation sites excluding steroid dienone is 4. The number of nitrogens with zero attached hydrogens (tertiary/aromatic N) is 1. The number of carbonyl (C=O) groups excluding carboxylic acids is 2. The molecule has 0 fully saturated rings. The molecule has 9 nitrogen and oxygen atoms in total. The van der Waals surface area contributed by atoms with Crippen LogP contribution in [0.15, 0.2) is 24.3 Å². The third-order valence-electron chi connectivity index (χ3n) is 14.2. The smallest absolute Gasteiger partial charge is 0.462 e. The molecule has 0 amide bonds. The van der Waals surface area contributed by atoms with Crippen LogP contribution in [0.5, 0.6) is 0 Å². The van der Waals surface area contributed by atoms with Gasteiger partial charge < -0.3 is 18.9 Å². The van der Waals surface area contributed by atoms with Gasteiger partial charge in [-0.3, -0.25) is 18.6 Å². The summed E-state index contributed by atoms with van der Waals surface area (Å²) in [5.41, 5.74) is 0. The summed E-state index contributed by atoms with van der Waals surface area (Å²) in [6.45, 7) is 4.42. The number of hydrogen-bond acceptors (Lipinski definition) is 7. The highest BCUT2D eigenvalue weighted by atomic mass is 31.2. The Morgan fingerprint density at radius 2 is 0.740 bits per heavy atom. The molecule has 10 heteroatoms. The Balaban J connectivity index is 3.73. The minimum atomic E-state index is -4.37. The molecule has 0 rings (SSSR count). The Morgan fingerprint density at radius 1 is 0.425 bits per heavy atom. The molecule has 2 atom stereocenters. The molecule has 0 aliphatic rings. The molecule has 0 aromatic heterocycles. The summed E-state index contributed by atoms with van der Waals surface area (Å²) < 4.78 is 34.4. The molecule has 0 spiro atoms. The number of ether oxygens (including phenoxy) is 2. The van der Waals surface area contributed by atoms with Crippen molar-refractivity contribution in [1.29, 1.82) is 0 Å². The lowest BCUT2D eigenvalue weighted by Gasteiger charge is -2.24. The number of esters is 2. The number of phosphoric acid groups is 1.